The van der Waals surface area contributed by atoms with Crippen LogP contribution in [-0.4, -0.2) is 41.5 Å². The number of likely N-dealkylation sites (tertiary alicyclic amines) is 1. The van der Waals surface area contributed by atoms with Crippen LogP contribution in [0.15, 0.2) is 48.7 Å². The second-order valence-corrected chi connectivity index (χ2v) is 7.81. The van der Waals surface area contributed by atoms with E-state index in [2.05, 4.69) is 17.1 Å². The molecule has 29 heavy (non-hydrogen) atoms. The van der Waals surface area contributed by atoms with Gasteiger partial charge in [-0.05, 0) is 63.6 Å². The molecule has 1 amide bonds. The molecule has 0 bridgehead atoms. The van der Waals surface area contributed by atoms with Gasteiger partial charge in [-0.2, -0.15) is 0 Å². The average Bonchev–Trinajstić information content (AvgIpc) is 2.75. The smallest absolute Gasteiger partial charge is 0.313 e. The first-order valence-electron chi connectivity index (χ1n) is 10.5. The zero-order valence-corrected chi connectivity index (χ0v) is 17.4. The van der Waals surface area contributed by atoms with Crippen molar-refractivity contribution in [2.75, 3.05) is 19.7 Å². The second-order valence-electron chi connectivity index (χ2n) is 7.81. The van der Waals surface area contributed by atoms with Crippen LogP contribution in [0.2, 0.25) is 0 Å². The van der Waals surface area contributed by atoms with Crippen molar-refractivity contribution in [1.29, 1.82) is 0 Å². The molecule has 0 spiro atoms. The van der Waals surface area contributed by atoms with Gasteiger partial charge < -0.3 is 9.64 Å². The predicted octanol–water partition coefficient (Wildman–Crippen LogP) is 4.20. The van der Waals surface area contributed by atoms with Gasteiger partial charge in [-0.3, -0.25) is 14.6 Å². The SMILES string of the molecule is CCOC(=O)C1(CCCc2ccccc2)CCCN(C(=O)c2cccnc2C)C1. The van der Waals surface area contributed by atoms with Crippen molar-refractivity contribution >= 4 is 11.9 Å². The van der Waals surface area contributed by atoms with Crippen LogP contribution in [0.25, 0.3) is 0 Å². The van der Waals surface area contributed by atoms with Gasteiger partial charge in [-0.15, -0.1) is 0 Å². The predicted molar refractivity (Wildman–Crippen MR) is 113 cm³/mol. The maximum atomic E-state index is 13.1. The molecule has 1 unspecified atom stereocenters. The molecule has 5 heteroatoms. The maximum absolute atomic E-state index is 13.1. The minimum Gasteiger partial charge on any atom is -0.466 e. The summed E-state index contributed by atoms with van der Waals surface area (Å²) in [5.74, 6) is -0.222. The van der Waals surface area contributed by atoms with E-state index in [-0.39, 0.29) is 11.9 Å². The van der Waals surface area contributed by atoms with Gasteiger partial charge in [-0.25, -0.2) is 0 Å². The number of piperidine rings is 1. The number of aryl methyl sites for hydroxylation is 2. The van der Waals surface area contributed by atoms with Gasteiger partial charge in [0, 0.05) is 25.0 Å². The van der Waals surface area contributed by atoms with Crippen molar-refractivity contribution < 1.29 is 14.3 Å². The lowest BCUT2D eigenvalue weighted by Gasteiger charge is -2.41. The van der Waals surface area contributed by atoms with Gasteiger partial charge >= 0.3 is 5.97 Å². The molecule has 0 aliphatic carbocycles. The zero-order chi connectivity index (χ0) is 20.7. The summed E-state index contributed by atoms with van der Waals surface area (Å²) in [7, 11) is 0. The number of rotatable bonds is 7. The van der Waals surface area contributed by atoms with Gasteiger partial charge in [0.15, 0.2) is 0 Å². The van der Waals surface area contributed by atoms with E-state index < -0.39 is 5.41 Å². The summed E-state index contributed by atoms with van der Waals surface area (Å²) in [6.45, 7) is 5.10. The summed E-state index contributed by atoms with van der Waals surface area (Å²) in [5.41, 5.74) is 1.96. The van der Waals surface area contributed by atoms with Crippen LogP contribution in [0.1, 0.15) is 54.2 Å². The van der Waals surface area contributed by atoms with Crippen LogP contribution in [-0.2, 0) is 16.0 Å². The Hall–Kier alpha value is -2.69. The Balaban J connectivity index is 1.75. The highest BCUT2D eigenvalue weighted by molar-refractivity contribution is 5.95. The highest BCUT2D eigenvalue weighted by Crippen LogP contribution is 2.37. The number of nitrogens with zero attached hydrogens (tertiary/aromatic N) is 2. The largest absolute Gasteiger partial charge is 0.466 e. The molecule has 2 heterocycles. The maximum Gasteiger partial charge on any atom is 0.313 e. The third-order valence-electron chi connectivity index (χ3n) is 5.77. The van der Waals surface area contributed by atoms with Crippen molar-refractivity contribution in [2.24, 2.45) is 5.41 Å². The molecule has 1 aromatic heterocycles. The molecule has 0 radical (unpaired) electrons. The Morgan fingerprint density at radius 2 is 1.97 bits per heavy atom. The Kier molecular flexibility index (Phi) is 7.02. The molecule has 1 aromatic carbocycles. The van der Waals surface area contributed by atoms with Crippen LogP contribution >= 0.6 is 0 Å². The topological polar surface area (TPSA) is 59.5 Å². The van der Waals surface area contributed by atoms with E-state index in [9.17, 15) is 9.59 Å². The number of ether oxygens (including phenoxy) is 1. The summed E-state index contributed by atoms with van der Waals surface area (Å²) in [4.78, 5) is 32.1. The fourth-order valence-electron chi connectivity index (χ4n) is 4.22. The van der Waals surface area contributed by atoms with E-state index in [1.807, 2.05) is 36.9 Å². The molecule has 154 valence electrons. The first kappa shape index (κ1) is 21.0. The summed E-state index contributed by atoms with van der Waals surface area (Å²) >= 11 is 0. The van der Waals surface area contributed by atoms with Gasteiger partial charge in [0.25, 0.3) is 5.91 Å². The molecule has 2 aromatic rings. The van der Waals surface area contributed by atoms with Crippen molar-refractivity contribution in [3.63, 3.8) is 0 Å². The van der Waals surface area contributed by atoms with Crippen LogP contribution in [0.3, 0.4) is 0 Å². The van der Waals surface area contributed by atoms with E-state index in [4.69, 9.17) is 4.74 Å². The van der Waals surface area contributed by atoms with Crippen molar-refractivity contribution in [1.82, 2.24) is 9.88 Å². The molecular formula is C24H30N2O3. The van der Waals surface area contributed by atoms with E-state index in [1.54, 1.807) is 18.3 Å². The molecular weight excluding hydrogens is 364 g/mol. The van der Waals surface area contributed by atoms with Gasteiger partial charge in [0.1, 0.15) is 0 Å². The number of carbonyl (C=O) groups is 2. The molecule has 0 N–H and O–H groups in total. The molecule has 1 atom stereocenters. The highest BCUT2D eigenvalue weighted by atomic mass is 16.5. The number of benzene rings is 1. The lowest BCUT2D eigenvalue weighted by molar-refractivity contribution is -0.159. The Bertz CT molecular complexity index is 837. The molecule has 0 saturated carbocycles. The minimum absolute atomic E-state index is 0.0490. The van der Waals surface area contributed by atoms with E-state index >= 15 is 0 Å². The number of aromatic nitrogens is 1. The second kappa shape index (κ2) is 9.68. The minimum atomic E-state index is -0.630. The van der Waals surface area contributed by atoms with Crippen molar-refractivity contribution in [3.05, 3.63) is 65.5 Å². The first-order valence-corrected chi connectivity index (χ1v) is 10.5. The molecule has 1 fully saturated rings. The summed E-state index contributed by atoms with van der Waals surface area (Å²) in [5, 5.41) is 0. The average molecular weight is 395 g/mol. The quantitative estimate of drug-likeness (QED) is 0.661. The summed E-state index contributed by atoms with van der Waals surface area (Å²) in [6, 6.07) is 13.9. The fourth-order valence-corrected chi connectivity index (χ4v) is 4.22. The van der Waals surface area contributed by atoms with Crippen molar-refractivity contribution in [3.8, 4) is 0 Å². The van der Waals surface area contributed by atoms with Gasteiger partial charge in [0.2, 0.25) is 0 Å². The van der Waals surface area contributed by atoms with E-state index in [1.165, 1.54) is 5.56 Å². The highest BCUT2D eigenvalue weighted by Gasteiger charge is 2.44. The monoisotopic (exact) mass is 394 g/mol. The van der Waals surface area contributed by atoms with Crippen LogP contribution in [0.4, 0.5) is 0 Å². The zero-order valence-electron chi connectivity index (χ0n) is 17.4. The molecule has 1 aliphatic rings. The first-order chi connectivity index (χ1) is 14.1. The Labute approximate surface area is 173 Å². The van der Waals surface area contributed by atoms with Gasteiger partial charge in [0.05, 0.1) is 17.6 Å². The van der Waals surface area contributed by atoms with Crippen molar-refractivity contribution in [2.45, 2.75) is 46.0 Å². The number of carbonyl (C=O) groups excluding carboxylic acids is 2. The summed E-state index contributed by atoms with van der Waals surface area (Å²) in [6.07, 6.45) is 5.77. The molecule has 1 aliphatic heterocycles. The third kappa shape index (κ3) is 5.03. The Morgan fingerprint density at radius 3 is 2.69 bits per heavy atom. The number of hydrogen-bond acceptors (Lipinski definition) is 4. The van der Waals surface area contributed by atoms with E-state index in [0.29, 0.717) is 31.0 Å². The summed E-state index contributed by atoms with van der Waals surface area (Å²) < 4.78 is 5.46. The third-order valence-corrected chi connectivity index (χ3v) is 5.77. The van der Waals surface area contributed by atoms with E-state index in [0.717, 1.165) is 32.1 Å². The molecule has 3 rings (SSSR count). The fraction of sp³-hybridized carbons (Fsp3) is 0.458. The number of esters is 1. The lowest BCUT2D eigenvalue weighted by atomic mass is 9.75. The van der Waals surface area contributed by atoms with Gasteiger partial charge in [-0.1, -0.05) is 30.3 Å². The standard InChI is InChI=1S/C24H30N2O3/c1-3-29-23(28)24(14-7-12-20-10-5-4-6-11-20)15-9-17-26(18-24)22(27)21-13-8-16-25-19(21)2/h4-6,8,10-11,13,16H,3,7,9,12,14-15,17-18H2,1-2H3. The normalized spacial score (nSPS) is 19.0. The van der Waals surface area contributed by atoms with Crippen LogP contribution in [0.5, 0.6) is 0 Å². The molecule has 1 saturated heterocycles. The molecule has 5 nitrogen and oxygen atoms in total. The number of amides is 1. The number of hydrogen-bond donors (Lipinski definition) is 0. The lowest BCUT2D eigenvalue weighted by Crippen LogP contribution is -2.50. The van der Waals surface area contributed by atoms with Crippen LogP contribution < -0.4 is 0 Å². The van der Waals surface area contributed by atoms with Crippen LogP contribution in [0, 0.1) is 12.3 Å². The number of pyridine rings is 1. The Morgan fingerprint density at radius 1 is 1.17 bits per heavy atom.